The molecular weight excluding hydrogens is 454 g/mol. The summed E-state index contributed by atoms with van der Waals surface area (Å²) >= 11 is 0. The number of carbonyl (C=O) groups excluding carboxylic acids is 2. The molecule has 1 atom stereocenters. The molecule has 2 heterocycles. The highest BCUT2D eigenvalue weighted by Gasteiger charge is 2.21. The lowest BCUT2D eigenvalue weighted by molar-refractivity contribution is -0.140. The van der Waals surface area contributed by atoms with Crippen LogP contribution in [0, 0.1) is 5.41 Å². The minimum atomic E-state index is -0.409. The molecule has 1 fully saturated rings. The zero-order valence-electron chi connectivity index (χ0n) is 18.9. The number of amides is 1. The first-order chi connectivity index (χ1) is 16.0. The van der Waals surface area contributed by atoms with Gasteiger partial charge < -0.3 is 20.7 Å². The molecule has 1 aliphatic rings. The second-order valence-corrected chi connectivity index (χ2v) is 8.11. The van der Waals surface area contributed by atoms with Gasteiger partial charge in [0.2, 0.25) is 0 Å². The number of carbonyl (C=O) groups is 2. The van der Waals surface area contributed by atoms with Crippen LogP contribution >= 0.6 is 12.4 Å². The van der Waals surface area contributed by atoms with E-state index in [4.69, 9.17) is 15.9 Å². The molecule has 8 nitrogen and oxygen atoms in total. The number of halogens is 1. The Morgan fingerprint density at radius 3 is 2.62 bits per heavy atom. The molecule has 1 aliphatic heterocycles. The van der Waals surface area contributed by atoms with Crippen molar-refractivity contribution in [2.24, 2.45) is 5.73 Å². The number of pyridine rings is 1. The molecule has 0 spiro atoms. The second-order valence-electron chi connectivity index (χ2n) is 8.11. The third-order valence-corrected chi connectivity index (χ3v) is 5.91. The number of rotatable bonds is 7. The first kappa shape index (κ1) is 25.0. The average molecular weight is 482 g/mol. The van der Waals surface area contributed by atoms with Crippen molar-refractivity contribution < 1.29 is 14.3 Å². The fourth-order valence-corrected chi connectivity index (χ4v) is 4.12. The van der Waals surface area contributed by atoms with E-state index in [-0.39, 0.29) is 36.5 Å². The lowest BCUT2D eigenvalue weighted by atomic mass is 10.00. The lowest BCUT2D eigenvalue weighted by Crippen LogP contribution is -2.27. The van der Waals surface area contributed by atoms with Crippen LogP contribution in [0.3, 0.4) is 0 Å². The number of methoxy groups -OCH3 is 1. The number of hydrogen-bond donors (Lipinski definition) is 3. The molecule has 0 saturated carbocycles. The molecule has 34 heavy (non-hydrogen) atoms. The summed E-state index contributed by atoms with van der Waals surface area (Å²) in [4.78, 5) is 31.2. The van der Waals surface area contributed by atoms with Crippen molar-refractivity contribution in [1.82, 2.24) is 9.88 Å². The van der Waals surface area contributed by atoms with E-state index < -0.39 is 6.04 Å². The van der Waals surface area contributed by atoms with Gasteiger partial charge in [0, 0.05) is 41.5 Å². The number of hydrogen-bond acceptors (Lipinski definition) is 6. The van der Waals surface area contributed by atoms with Crippen LogP contribution in [0.5, 0.6) is 0 Å². The van der Waals surface area contributed by atoms with E-state index in [1.807, 2.05) is 35.2 Å². The lowest BCUT2D eigenvalue weighted by Gasteiger charge is -2.21. The molecule has 4 rings (SSSR count). The molecule has 1 amide bonds. The third-order valence-electron chi connectivity index (χ3n) is 5.91. The van der Waals surface area contributed by atoms with Gasteiger partial charge >= 0.3 is 5.97 Å². The number of amidine groups is 1. The van der Waals surface area contributed by atoms with Crippen LogP contribution in [0.25, 0.3) is 10.9 Å². The van der Waals surface area contributed by atoms with Crippen molar-refractivity contribution in [1.29, 1.82) is 5.41 Å². The maximum absolute atomic E-state index is 12.8. The summed E-state index contributed by atoms with van der Waals surface area (Å²) in [6, 6.07) is 14.2. The summed E-state index contributed by atoms with van der Waals surface area (Å²) < 4.78 is 4.90. The van der Waals surface area contributed by atoms with Crippen LogP contribution in [0.2, 0.25) is 0 Å². The number of benzene rings is 2. The number of nitrogens with one attached hydrogen (secondary N) is 2. The van der Waals surface area contributed by atoms with Crippen LogP contribution in [-0.4, -0.2) is 47.8 Å². The standard InChI is InChI=1S/C25H27N5O3.ClH/c1-33-23(31)15-21(16-5-4-6-17(13-16)24(26)27)29-20-9-10-28-22-14-18(7-8-19(20)22)25(32)30-11-2-3-12-30;/h4-10,13-14,21H,2-3,11-12,15H2,1H3,(H3,26,27)(H,28,29);1H. The molecule has 0 bridgehead atoms. The number of fused-ring (bicyclic) bond motifs is 1. The molecule has 4 N–H and O–H groups in total. The highest BCUT2D eigenvalue weighted by Crippen LogP contribution is 2.29. The molecule has 1 saturated heterocycles. The van der Waals surface area contributed by atoms with Crippen LogP contribution in [0.15, 0.2) is 54.7 Å². The van der Waals surface area contributed by atoms with Crippen molar-refractivity contribution in [2.45, 2.75) is 25.3 Å². The Hall–Kier alpha value is -3.65. The molecule has 9 heteroatoms. The van der Waals surface area contributed by atoms with Crippen molar-refractivity contribution in [3.63, 3.8) is 0 Å². The molecule has 0 aliphatic carbocycles. The van der Waals surface area contributed by atoms with Gasteiger partial charge in [-0.3, -0.25) is 20.0 Å². The van der Waals surface area contributed by atoms with Gasteiger partial charge in [0.05, 0.1) is 25.1 Å². The predicted octanol–water partition coefficient (Wildman–Crippen LogP) is 3.89. The van der Waals surface area contributed by atoms with Gasteiger partial charge in [-0.2, -0.15) is 0 Å². The Kier molecular flexibility index (Phi) is 8.07. The SMILES string of the molecule is COC(=O)CC(Nc1ccnc2cc(C(=O)N3CCCC3)ccc12)c1cccc(C(=N)N)c1.Cl. The topological polar surface area (TPSA) is 121 Å². The predicted molar refractivity (Wildman–Crippen MR) is 135 cm³/mol. The zero-order valence-corrected chi connectivity index (χ0v) is 19.7. The van der Waals surface area contributed by atoms with Crippen LogP contribution < -0.4 is 11.1 Å². The number of aromatic nitrogens is 1. The van der Waals surface area contributed by atoms with Gasteiger partial charge in [0.25, 0.3) is 5.91 Å². The number of esters is 1. The van der Waals surface area contributed by atoms with E-state index in [2.05, 4.69) is 10.3 Å². The Balaban J connectivity index is 0.00000324. The number of nitrogens with two attached hydrogens (primary N) is 1. The average Bonchev–Trinajstić information content (AvgIpc) is 3.38. The smallest absolute Gasteiger partial charge is 0.307 e. The monoisotopic (exact) mass is 481 g/mol. The fraction of sp³-hybridized carbons (Fsp3) is 0.280. The third kappa shape index (κ3) is 5.46. The molecule has 1 aromatic heterocycles. The molecule has 1 unspecified atom stereocenters. The Morgan fingerprint density at radius 1 is 1.15 bits per heavy atom. The van der Waals surface area contributed by atoms with E-state index in [0.29, 0.717) is 16.6 Å². The summed E-state index contributed by atoms with van der Waals surface area (Å²) in [5.74, 6) is -0.380. The summed E-state index contributed by atoms with van der Waals surface area (Å²) in [5, 5.41) is 12.0. The maximum Gasteiger partial charge on any atom is 0.307 e. The summed E-state index contributed by atoms with van der Waals surface area (Å²) in [7, 11) is 1.35. The number of nitrogens with zero attached hydrogens (tertiary/aromatic N) is 2. The van der Waals surface area contributed by atoms with Gasteiger partial charge in [-0.15, -0.1) is 12.4 Å². The Morgan fingerprint density at radius 2 is 1.91 bits per heavy atom. The van der Waals surface area contributed by atoms with Crippen LogP contribution in [0.4, 0.5) is 5.69 Å². The van der Waals surface area contributed by atoms with Crippen molar-refractivity contribution >= 4 is 46.7 Å². The summed E-state index contributed by atoms with van der Waals surface area (Å²) in [6.07, 6.45) is 3.85. The van der Waals surface area contributed by atoms with Crippen LogP contribution in [-0.2, 0) is 9.53 Å². The highest BCUT2D eigenvalue weighted by molar-refractivity contribution is 6.00. The maximum atomic E-state index is 12.8. The fourth-order valence-electron chi connectivity index (χ4n) is 4.12. The van der Waals surface area contributed by atoms with Gasteiger partial charge in [-0.05, 0) is 48.7 Å². The van der Waals surface area contributed by atoms with E-state index >= 15 is 0 Å². The van der Waals surface area contributed by atoms with E-state index in [1.165, 1.54) is 7.11 Å². The van der Waals surface area contributed by atoms with Gasteiger partial charge in [0.15, 0.2) is 0 Å². The van der Waals surface area contributed by atoms with Gasteiger partial charge in [-0.25, -0.2) is 0 Å². The minimum absolute atomic E-state index is 0. The summed E-state index contributed by atoms with van der Waals surface area (Å²) in [6.45, 7) is 1.58. The summed E-state index contributed by atoms with van der Waals surface area (Å²) in [5.41, 5.74) is 9.13. The van der Waals surface area contributed by atoms with Gasteiger partial charge in [0.1, 0.15) is 5.84 Å². The molecule has 3 aromatic rings. The van der Waals surface area contributed by atoms with E-state index in [0.717, 1.165) is 42.6 Å². The first-order valence-corrected chi connectivity index (χ1v) is 10.9. The molecule has 0 radical (unpaired) electrons. The van der Waals surface area contributed by atoms with Crippen molar-refractivity contribution in [3.8, 4) is 0 Å². The zero-order chi connectivity index (χ0) is 23.4. The number of nitrogen functional groups attached to an aromatic ring is 1. The largest absolute Gasteiger partial charge is 0.469 e. The number of ether oxygens (including phenoxy) is 1. The van der Waals surface area contributed by atoms with E-state index in [1.54, 1.807) is 24.4 Å². The number of likely N-dealkylation sites (tertiary alicyclic amines) is 1. The normalized spacial score (nSPS) is 13.7. The molecule has 178 valence electrons. The Bertz CT molecular complexity index is 1210. The quantitative estimate of drug-likeness (QED) is 0.267. The van der Waals surface area contributed by atoms with Crippen LogP contribution in [0.1, 0.15) is 46.8 Å². The highest BCUT2D eigenvalue weighted by atomic mass is 35.5. The second kappa shape index (κ2) is 11.0. The van der Waals surface area contributed by atoms with Gasteiger partial charge in [-0.1, -0.05) is 18.2 Å². The minimum Gasteiger partial charge on any atom is -0.469 e. The molecular formula is C25H28ClN5O3. The first-order valence-electron chi connectivity index (χ1n) is 10.9. The Labute approximate surface area is 204 Å². The number of anilines is 1. The van der Waals surface area contributed by atoms with Crippen molar-refractivity contribution in [2.75, 3.05) is 25.5 Å². The van der Waals surface area contributed by atoms with E-state index in [9.17, 15) is 9.59 Å². The van der Waals surface area contributed by atoms with Crippen molar-refractivity contribution in [3.05, 3.63) is 71.4 Å². The molecule has 2 aromatic carbocycles.